The van der Waals surface area contributed by atoms with Crippen molar-refractivity contribution < 1.29 is 0 Å². The summed E-state index contributed by atoms with van der Waals surface area (Å²) in [6.07, 6.45) is 8.20. The van der Waals surface area contributed by atoms with Crippen molar-refractivity contribution in [2.24, 2.45) is 5.92 Å². The van der Waals surface area contributed by atoms with Crippen LogP contribution in [-0.4, -0.2) is 14.8 Å². The summed E-state index contributed by atoms with van der Waals surface area (Å²) in [7, 11) is 0. The first-order valence-electron chi connectivity index (χ1n) is 8.51. The van der Waals surface area contributed by atoms with E-state index in [1.807, 2.05) is 0 Å². The van der Waals surface area contributed by atoms with Gasteiger partial charge in [0.25, 0.3) is 0 Å². The average Bonchev–Trinajstić information content (AvgIpc) is 3.08. The van der Waals surface area contributed by atoms with E-state index < -0.39 is 0 Å². The summed E-state index contributed by atoms with van der Waals surface area (Å²) in [5, 5.41) is 8.24. The van der Waals surface area contributed by atoms with Crippen LogP contribution in [0.3, 0.4) is 0 Å². The highest BCUT2D eigenvalue weighted by Gasteiger charge is 2.33. The lowest BCUT2D eigenvalue weighted by atomic mass is 9.79. The fourth-order valence-corrected chi connectivity index (χ4v) is 3.83. The van der Waals surface area contributed by atoms with Gasteiger partial charge in [0.2, 0.25) is 0 Å². The Morgan fingerprint density at radius 2 is 2.09 bits per heavy atom. The first-order valence-corrected chi connectivity index (χ1v) is 8.51. The number of fused-ring (bicyclic) bond motifs is 1. The summed E-state index contributed by atoms with van der Waals surface area (Å²) in [4.78, 5) is 4.48. The van der Waals surface area contributed by atoms with Gasteiger partial charge in [0.15, 0.2) is 0 Å². The largest absolute Gasteiger partial charge is 0.300 e. The topological polar surface area (TPSA) is 42.7 Å². The van der Waals surface area contributed by atoms with Crippen molar-refractivity contribution >= 4 is 0 Å². The van der Waals surface area contributed by atoms with E-state index in [1.54, 1.807) is 6.33 Å². The van der Waals surface area contributed by atoms with Crippen molar-refractivity contribution in [2.75, 3.05) is 0 Å². The van der Waals surface area contributed by atoms with E-state index in [-0.39, 0.29) is 0 Å². The quantitative estimate of drug-likeness (QED) is 0.912. The third-order valence-corrected chi connectivity index (χ3v) is 5.30. The zero-order valence-corrected chi connectivity index (χ0v) is 13.2. The van der Waals surface area contributed by atoms with Gasteiger partial charge in [-0.25, -0.2) is 9.67 Å². The third kappa shape index (κ3) is 2.56. The molecule has 0 radical (unpaired) electrons. The van der Waals surface area contributed by atoms with E-state index in [0.717, 1.165) is 18.2 Å². The zero-order valence-electron chi connectivity index (χ0n) is 13.2. The monoisotopic (exact) mass is 296 g/mol. The zero-order chi connectivity index (χ0) is 14.9. The second-order valence-electron chi connectivity index (χ2n) is 6.86. The minimum atomic E-state index is 0.322. The molecule has 1 saturated carbocycles. The van der Waals surface area contributed by atoms with Crippen LogP contribution >= 0.6 is 0 Å². The van der Waals surface area contributed by atoms with E-state index in [4.69, 9.17) is 0 Å². The van der Waals surface area contributed by atoms with Crippen molar-refractivity contribution in [3.63, 3.8) is 0 Å². The van der Waals surface area contributed by atoms with E-state index in [0.29, 0.717) is 18.1 Å². The van der Waals surface area contributed by atoms with Gasteiger partial charge in [0, 0.05) is 6.04 Å². The summed E-state index contributed by atoms with van der Waals surface area (Å²) in [6.45, 7) is 2.23. The predicted octanol–water partition coefficient (Wildman–Crippen LogP) is 3.81. The molecule has 0 spiro atoms. The first-order chi connectivity index (χ1) is 10.8. The van der Waals surface area contributed by atoms with Crippen LogP contribution in [0.4, 0.5) is 0 Å². The van der Waals surface area contributed by atoms with Crippen LogP contribution in [0.2, 0.25) is 0 Å². The summed E-state index contributed by atoms with van der Waals surface area (Å²) in [6, 6.07) is 12.1. The van der Waals surface area contributed by atoms with Gasteiger partial charge in [-0.05, 0) is 31.2 Å². The highest BCUT2D eigenvalue weighted by Crippen LogP contribution is 2.38. The van der Waals surface area contributed by atoms with Crippen LogP contribution in [-0.2, 0) is 0 Å². The van der Waals surface area contributed by atoms with E-state index in [2.05, 4.69) is 57.3 Å². The molecule has 2 heterocycles. The molecular weight excluding hydrogens is 272 g/mol. The highest BCUT2D eigenvalue weighted by atomic mass is 15.4. The summed E-state index contributed by atoms with van der Waals surface area (Å²) < 4.78 is 2.07. The Bertz CT molecular complexity index is 617. The van der Waals surface area contributed by atoms with E-state index in [1.165, 1.54) is 31.2 Å². The minimum absolute atomic E-state index is 0.322. The van der Waals surface area contributed by atoms with E-state index in [9.17, 15) is 0 Å². The van der Waals surface area contributed by atoms with Gasteiger partial charge in [0.1, 0.15) is 12.2 Å². The Kier molecular flexibility index (Phi) is 3.70. The van der Waals surface area contributed by atoms with Gasteiger partial charge in [-0.2, -0.15) is 5.10 Å². The van der Waals surface area contributed by atoms with Gasteiger partial charge in [-0.3, -0.25) is 0 Å². The van der Waals surface area contributed by atoms with Crippen molar-refractivity contribution in [1.82, 2.24) is 20.1 Å². The molecule has 1 aromatic carbocycles. The van der Waals surface area contributed by atoms with Gasteiger partial charge < -0.3 is 5.32 Å². The molecule has 4 rings (SSSR count). The molecule has 1 aliphatic carbocycles. The fourth-order valence-electron chi connectivity index (χ4n) is 3.83. The van der Waals surface area contributed by atoms with Gasteiger partial charge in [-0.1, -0.05) is 49.6 Å². The van der Waals surface area contributed by atoms with Gasteiger partial charge in [-0.15, -0.1) is 0 Å². The predicted molar refractivity (Wildman–Crippen MR) is 86.4 cm³/mol. The number of hydrogen-bond acceptors (Lipinski definition) is 3. The number of nitrogens with zero attached hydrogens (tertiary/aromatic N) is 3. The molecule has 3 atom stereocenters. The molecule has 116 valence electrons. The molecule has 4 nitrogen and oxygen atoms in total. The second-order valence-corrected chi connectivity index (χ2v) is 6.86. The summed E-state index contributed by atoms with van der Waals surface area (Å²) in [5.74, 6) is 1.98. The molecule has 2 aromatic rings. The molecular formula is C18H24N4. The maximum absolute atomic E-state index is 4.48. The Hall–Kier alpha value is -1.68. The maximum atomic E-state index is 4.48. The van der Waals surface area contributed by atoms with Crippen LogP contribution in [0.1, 0.15) is 68.5 Å². The first kappa shape index (κ1) is 13.9. The molecule has 4 heteroatoms. The second kappa shape index (κ2) is 5.84. The lowest BCUT2D eigenvalue weighted by Crippen LogP contribution is -2.29. The fraction of sp³-hybridized carbons (Fsp3) is 0.556. The highest BCUT2D eigenvalue weighted by molar-refractivity contribution is 5.20. The standard InChI is InChI=1S/C18H24N4/c1-13-10-17(18-19-12-20-22(13)18)21-16(11-14-6-5-7-14)15-8-3-2-4-9-15/h2-4,8-9,12-14,16-17,21H,5-7,10-11H2,1H3. The van der Waals surface area contributed by atoms with Crippen LogP contribution < -0.4 is 5.32 Å². The van der Waals surface area contributed by atoms with Crippen LogP contribution in [0.15, 0.2) is 36.7 Å². The lowest BCUT2D eigenvalue weighted by molar-refractivity contribution is 0.250. The molecule has 2 aliphatic rings. The van der Waals surface area contributed by atoms with E-state index >= 15 is 0 Å². The molecule has 22 heavy (non-hydrogen) atoms. The van der Waals surface area contributed by atoms with Crippen LogP contribution in [0.5, 0.6) is 0 Å². The number of rotatable bonds is 5. The summed E-state index contributed by atoms with van der Waals surface area (Å²) >= 11 is 0. The molecule has 1 N–H and O–H groups in total. The molecule has 3 unspecified atom stereocenters. The molecule has 1 aromatic heterocycles. The normalized spacial score (nSPS) is 25.7. The Balaban J connectivity index is 1.54. The smallest absolute Gasteiger partial charge is 0.144 e. The third-order valence-electron chi connectivity index (χ3n) is 5.30. The van der Waals surface area contributed by atoms with Crippen LogP contribution in [0.25, 0.3) is 0 Å². The number of benzene rings is 1. The summed E-state index contributed by atoms with van der Waals surface area (Å²) in [5.41, 5.74) is 1.40. The van der Waals surface area contributed by atoms with Gasteiger partial charge in [0.05, 0.1) is 12.1 Å². The SMILES string of the molecule is CC1CC(NC(CC2CCC2)c2ccccc2)c2ncnn21. The number of hydrogen-bond donors (Lipinski definition) is 1. The van der Waals surface area contributed by atoms with Crippen molar-refractivity contribution in [3.8, 4) is 0 Å². The molecule has 0 bridgehead atoms. The number of nitrogens with one attached hydrogen (secondary N) is 1. The molecule has 1 fully saturated rings. The average molecular weight is 296 g/mol. The van der Waals surface area contributed by atoms with Crippen molar-refractivity contribution in [1.29, 1.82) is 0 Å². The Morgan fingerprint density at radius 3 is 2.82 bits per heavy atom. The molecule has 0 saturated heterocycles. The Labute approximate surface area is 132 Å². The molecule has 0 amide bonds. The maximum Gasteiger partial charge on any atom is 0.144 e. The van der Waals surface area contributed by atoms with Crippen molar-refractivity contribution in [2.45, 2.75) is 57.2 Å². The Morgan fingerprint density at radius 1 is 1.27 bits per heavy atom. The van der Waals surface area contributed by atoms with Crippen molar-refractivity contribution in [3.05, 3.63) is 48.0 Å². The van der Waals surface area contributed by atoms with Crippen LogP contribution in [0, 0.1) is 5.92 Å². The number of aromatic nitrogens is 3. The minimum Gasteiger partial charge on any atom is -0.300 e. The molecule has 1 aliphatic heterocycles. The lowest BCUT2D eigenvalue weighted by Gasteiger charge is -2.32. The van der Waals surface area contributed by atoms with Gasteiger partial charge >= 0.3 is 0 Å².